The van der Waals surface area contributed by atoms with Gasteiger partial charge in [0, 0.05) is 22.4 Å². The lowest BCUT2D eigenvalue weighted by molar-refractivity contribution is 0.0971. The third-order valence-electron chi connectivity index (χ3n) is 3.46. The molecule has 2 rings (SSSR count). The van der Waals surface area contributed by atoms with Crippen LogP contribution >= 0.6 is 15.9 Å². The number of nitrogens with zero attached hydrogens (tertiary/aromatic N) is 2. The van der Waals surface area contributed by atoms with Gasteiger partial charge < -0.3 is 0 Å². The first-order valence-corrected chi connectivity index (χ1v) is 7.58. The minimum Gasteiger partial charge on any atom is -0.294 e. The average molecular weight is 353 g/mol. The fraction of sp³-hybridized carbons (Fsp3) is 0.167. The highest BCUT2D eigenvalue weighted by molar-refractivity contribution is 9.10. The van der Waals surface area contributed by atoms with E-state index in [1.54, 1.807) is 24.3 Å². The smallest absolute Gasteiger partial charge is 0.163 e. The average Bonchev–Trinajstić information content (AvgIpc) is 2.55. The van der Waals surface area contributed by atoms with Gasteiger partial charge in [-0.1, -0.05) is 58.4 Å². The Morgan fingerprint density at radius 1 is 1.05 bits per heavy atom. The molecule has 0 aliphatic heterocycles. The monoisotopic (exact) mass is 352 g/mol. The first kappa shape index (κ1) is 15.9. The zero-order valence-electron chi connectivity index (χ0n) is 11.7. The molecule has 3 nitrogen and oxygen atoms in total. The third-order valence-corrected chi connectivity index (χ3v) is 3.95. The Balaban J connectivity index is 2.32. The Bertz CT molecular complexity index is 730. The van der Waals surface area contributed by atoms with Crippen LogP contribution in [0.1, 0.15) is 28.3 Å². The summed E-state index contributed by atoms with van der Waals surface area (Å²) in [4.78, 5) is 12.4. The molecule has 0 bridgehead atoms. The van der Waals surface area contributed by atoms with Gasteiger partial charge in [0.25, 0.3) is 0 Å². The van der Waals surface area contributed by atoms with Crippen LogP contribution in [0.15, 0.2) is 59.1 Å². The first-order chi connectivity index (χ1) is 10.7. The van der Waals surface area contributed by atoms with Crippen LogP contribution in [-0.4, -0.2) is 5.78 Å². The molecule has 2 aromatic carbocycles. The predicted molar refractivity (Wildman–Crippen MR) is 87.0 cm³/mol. The molecule has 0 N–H and O–H groups in total. The summed E-state index contributed by atoms with van der Waals surface area (Å²) in [6.45, 7) is 0. The van der Waals surface area contributed by atoms with E-state index < -0.39 is 11.8 Å². The highest BCUT2D eigenvalue weighted by atomic mass is 79.9. The molecular weight excluding hydrogens is 340 g/mol. The minimum absolute atomic E-state index is 0.0684. The first-order valence-electron chi connectivity index (χ1n) is 6.78. The Morgan fingerprint density at radius 2 is 1.73 bits per heavy atom. The number of halogens is 1. The molecule has 0 amide bonds. The second-order valence-electron chi connectivity index (χ2n) is 4.89. The van der Waals surface area contributed by atoms with E-state index >= 15 is 0 Å². The van der Waals surface area contributed by atoms with Gasteiger partial charge in [0.1, 0.15) is 5.92 Å². The molecule has 1 atom stereocenters. The quantitative estimate of drug-likeness (QED) is 0.745. The van der Waals surface area contributed by atoms with E-state index in [-0.39, 0.29) is 12.2 Å². The fourth-order valence-electron chi connectivity index (χ4n) is 2.32. The highest BCUT2D eigenvalue weighted by Gasteiger charge is 2.26. The molecule has 0 aliphatic carbocycles. The van der Waals surface area contributed by atoms with Crippen molar-refractivity contribution in [3.63, 3.8) is 0 Å². The van der Waals surface area contributed by atoms with Gasteiger partial charge in [0.15, 0.2) is 5.78 Å². The molecule has 0 spiro atoms. The number of carbonyl (C=O) groups is 1. The second kappa shape index (κ2) is 7.54. The Labute approximate surface area is 137 Å². The van der Waals surface area contributed by atoms with Crippen molar-refractivity contribution in [3.05, 3.63) is 70.2 Å². The maximum atomic E-state index is 12.4. The lowest BCUT2D eigenvalue weighted by Crippen LogP contribution is -2.15. The lowest BCUT2D eigenvalue weighted by atomic mass is 9.83. The van der Waals surface area contributed by atoms with Crippen molar-refractivity contribution in [2.24, 2.45) is 5.92 Å². The molecule has 0 heterocycles. The van der Waals surface area contributed by atoms with Gasteiger partial charge >= 0.3 is 0 Å². The summed E-state index contributed by atoms with van der Waals surface area (Å²) >= 11 is 3.38. The van der Waals surface area contributed by atoms with Crippen molar-refractivity contribution in [2.75, 3.05) is 0 Å². The second-order valence-corrected chi connectivity index (χ2v) is 5.81. The summed E-state index contributed by atoms with van der Waals surface area (Å²) in [7, 11) is 0. The maximum Gasteiger partial charge on any atom is 0.163 e. The zero-order chi connectivity index (χ0) is 15.9. The van der Waals surface area contributed by atoms with Gasteiger partial charge in [-0.25, -0.2) is 0 Å². The topological polar surface area (TPSA) is 64.7 Å². The van der Waals surface area contributed by atoms with Crippen LogP contribution in [0.2, 0.25) is 0 Å². The van der Waals surface area contributed by atoms with Crippen LogP contribution in [0.25, 0.3) is 0 Å². The van der Waals surface area contributed by atoms with Gasteiger partial charge in [-0.05, 0) is 17.7 Å². The number of Topliss-reactive ketones (excluding diaryl/α,β-unsaturated/α-hetero) is 1. The fourth-order valence-corrected chi connectivity index (χ4v) is 2.73. The molecule has 0 saturated carbocycles. The molecule has 1 unspecified atom stereocenters. The zero-order valence-corrected chi connectivity index (χ0v) is 13.3. The van der Waals surface area contributed by atoms with Crippen LogP contribution in [0.3, 0.4) is 0 Å². The summed E-state index contributed by atoms with van der Waals surface area (Å²) in [6, 6.07) is 20.3. The van der Waals surface area contributed by atoms with Crippen LogP contribution in [0.5, 0.6) is 0 Å². The van der Waals surface area contributed by atoms with Gasteiger partial charge in [-0.15, -0.1) is 0 Å². The predicted octanol–water partition coefficient (Wildman–Crippen LogP) is 4.47. The number of carbonyl (C=O) groups excluding carboxylic acids is 1. The maximum absolute atomic E-state index is 12.4. The van der Waals surface area contributed by atoms with Gasteiger partial charge in [-0.3, -0.25) is 4.79 Å². The van der Waals surface area contributed by atoms with Crippen LogP contribution in [0, 0.1) is 28.6 Å². The van der Waals surface area contributed by atoms with E-state index in [1.807, 2.05) is 42.5 Å². The number of rotatable bonds is 5. The van der Waals surface area contributed by atoms with Crippen LogP contribution in [-0.2, 0) is 0 Å². The molecule has 0 aromatic heterocycles. The summed E-state index contributed by atoms with van der Waals surface area (Å²) in [5.74, 6) is -1.37. The molecule has 4 heteroatoms. The van der Waals surface area contributed by atoms with Crippen molar-refractivity contribution in [3.8, 4) is 12.1 Å². The van der Waals surface area contributed by atoms with Crippen molar-refractivity contribution in [1.82, 2.24) is 0 Å². The molecular formula is C18H13BrN2O. The molecule has 0 aliphatic rings. The van der Waals surface area contributed by atoms with Crippen LogP contribution < -0.4 is 0 Å². The SMILES string of the molecule is N#CC(C#N)C(CC(=O)c1ccccc1)c1cccc(Br)c1. The number of ketones is 1. The summed E-state index contributed by atoms with van der Waals surface area (Å²) < 4.78 is 0.858. The van der Waals surface area contributed by atoms with E-state index in [0.717, 1.165) is 10.0 Å². The van der Waals surface area contributed by atoms with Crippen molar-refractivity contribution < 1.29 is 4.79 Å². The van der Waals surface area contributed by atoms with Gasteiger partial charge in [-0.2, -0.15) is 10.5 Å². The van der Waals surface area contributed by atoms with E-state index in [4.69, 9.17) is 0 Å². The minimum atomic E-state index is -0.859. The normalized spacial score (nSPS) is 11.5. The van der Waals surface area contributed by atoms with E-state index in [9.17, 15) is 15.3 Å². The van der Waals surface area contributed by atoms with Gasteiger partial charge in [0.2, 0.25) is 0 Å². The van der Waals surface area contributed by atoms with Crippen LogP contribution in [0.4, 0.5) is 0 Å². The molecule has 22 heavy (non-hydrogen) atoms. The third kappa shape index (κ3) is 3.81. The Morgan fingerprint density at radius 3 is 2.32 bits per heavy atom. The van der Waals surface area contributed by atoms with E-state index in [1.165, 1.54) is 0 Å². The Kier molecular flexibility index (Phi) is 5.47. The van der Waals surface area contributed by atoms with Crippen molar-refractivity contribution in [2.45, 2.75) is 12.3 Å². The largest absolute Gasteiger partial charge is 0.294 e. The lowest BCUT2D eigenvalue weighted by Gasteiger charge is -2.17. The number of hydrogen-bond acceptors (Lipinski definition) is 3. The Hall–Kier alpha value is -2.43. The van der Waals surface area contributed by atoms with Crippen molar-refractivity contribution in [1.29, 1.82) is 10.5 Å². The molecule has 0 saturated heterocycles. The molecule has 0 fully saturated rings. The number of benzene rings is 2. The summed E-state index contributed by atoms with van der Waals surface area (Å²) in [6.07, 6.45) is 0.131. The number of hydrogen-bond donors (Lipinski definition) is 0. The molecule has 0 radical (unpaired) electrons. The standard InChI is InChI=1S/C18H13BrN2O/c19-16-8-4-7-14(9-16)17(15(11-20)12-21)10-18(22)13-5-2-1-3-6-13/h1-9,15,17H,10H2. The van der Waals surface area contributed by atoms with E-state index in [2.05, 4.69) is 15.9 Å². The molecule has 108 valence electrons. The number of nitriles is 2. The highest BCUT2D eigenvalue weighted by Crippen LogP contribution is 2.30. The van der Waals surface area contributed by atoms with Crippen molar-refractivity contribution >= 4 is 21.7 Å². The van der Waals surface area contributed by atoms with Gasteiger partial charge in [0.05, 0.1) is 12.1 Å². The summed E-state index contributed by atoms with van der Waals surface area (Å²) in [5, 5.41) is 18.4. The summed E-state index contributed by atoms with van der Waals surface area (Å²) in [5.41, 5.74) is 1.41. The molecule has 2 aromatic rings. The van der Waals surface area contributed by atoms with E-state index in [0.29, 0.717) is 5.56 Å².